The number of pyridine rings is 1. The molecular weight excluding hydrogens is 336 g/mol. The van der Waals surface area contributed by atoms with Crippen molar-refractivity contribution in [3.8, 4) is 0 Å². The van der Waals surface area contributed by atoms with Gasteiger partial charge in [0.25, 0.3) is 0 Å². The molecule has 1 amide bonds. The molecule has 2 aliphatic rings. The molecule has 8 heteroatoms. The normalized spacial score (nSPS) is 20.0. The van der Waals surface area contributed by atoms with Crippen molar-refractivity contribution in [1.29, 1.82) is 0 Å². The number of aromatic nitrogens is 1. The lowest BCUT2D eigenvalue weighted by molar-refractivity contribution is -0.155. The molecule has 3 rings (SSSR count). The van der Waals surface area contributed by atoms with E-state index in [0.717, 1.165) is 31.6 Å². The third-order valence-electron chi connectivity index (χ3n) is 5.00. The summed E-state index contributed by atoms with van der Waals surface area (Å²) in [5.41, 5.74) is 1.07. The lowest BCUT2D eigenvalue weighted by Crippen LogP contribution is -2.52. The quantitative estimate of drug-likeness (QED) is 0.698. The molecule has 1 atom stereocenters. The Morgan fingerprint density at radius 1 is 1.19 bits per heavy atom. The van der Waals surface area contributed by atoms with E-state index in [1.807, 2.05) is 12.1 Å². The molecule has 0 saturated carbocycles. The first-order chi connectivity index (χ1) is 12.6. The van der Waals surface area contributed by atoms with E-state index in [0.29, 0.717) is 26.2 Å². The van der Waals surface area contributed by atoms with Gasteiger partial charge in [-0.3, -0.25) is 14.6 Å². The SMILES string of the molecule is O=C(O)C(COC1CCNCC1)C(=O)N1CCN(c2ccncc2)CC1. The summed E-state index contributed by atoms with van der Waals surface area (Å²) in [5, 5.41) is 12.7. The van der Waals surface area contributed by atoms with Gasteiger partial charge in [0.2, 0.25) is 5.91 Å². The Labute approximate surface area is 153 Å². The molecule has 2 aliphatic heterocycles. The van der Waals surface area contributed by atoms with Crippen molar-refractivity contribution in [3.05, 3.63) is 24.5 Å². The third-order valence-corrected chi connectivity index (χ3v) is 5.00. The number of carboxylic acid groups (broad SMARTS) is 1. The fourth-order valence-electron chi connectivity index (χ4n) is 3.40. The van der Waals surface area contributed by atoms with Gasteiger partial charge in [-0.25, -0.2) is 0 Å². The number of piperazine rings is 1. The highest BCUT2D eigenvalue weighted by Gasteiger charge is 2.33. The van der Waals surface area contributed by atoms with Crippen LogP contribution in [-0.4, -0.2) is 78.8 Å². The van der Waals surface area contributed by atoms with Crippen LogP contribution >= 0.6 is 0 Å². The Kier molecular flexibility index (Phi) is 6.40. The first kappa shape index (κ1) is 18.6. The van der Waals surface area contributed by atoms with Crippen LogP contribution in [0.25, 0.3) is 0 Å². The van der Waals surface area contributed by atoms with Gasteiger partial charge in [0.05, 0.1) is 12.7 Å². The first-order valence-electron chi connectivity index (χ1n) is 9.14. The minimum absolute atomic E-state index is 0.0365. The fourth-order valence-corrected chi connectivity index (χ4v) is 3.40. The van der Waals surface area contributed by atoms with E-state index in [1.54, 1.807) is 17.3 Å². The van der Waals surface area contributed by atoms with E-state index in [-0.39, 0.29) is 18.6 Å². The average molecular weight is 362 g/mol. The standard InChI is InChI=1S/C18H26N4O4/c23-17(16(18(24)25)13-26-15-3-7-20-8-4-15)22-11-9-21(10-12-22)14-1-5-19-6-2-14/h1-2,5-6,15-16,20H,3-4,7-13H2,(H,24,25). The molecule has 1 aromatic rings. The van der Waals surface area contributed by atoms with Gasteiger partial charge in [0.15, 0.2) is 5.92 Å². The van der Waals surface area contributed by atoms with Gasteiger partial charge in [-0.05, 0) is 38.1 Å². The van der Waals surface area contributed by atoms with Crippen molar-refractivity contribution in [3.63, 3.8) is 0 Å². The minimum Gasteiger partial charge on any atom is -0.481 e. The highest BCUT2D eigenvalue weighted by atomic mass is 16.5. The Morgan fingerprint density at radius 3 is 2.46 bits per heavy atom. The Morgan fingerprint density at radius 2 is 1.85 bits per heavy atom. The van der Waals surface area contributed by atoms with Crippen molar-refractivity contribution < 1.29 is 19.4 Å². The van der Waals surface area contributed by atoms with Crippen LogP contribution in [0.15, 0.2) is 24.5 Å². The predicted molar refractivity (Wildman–Crippen MR) is 96.0 cm³/mol. The van der Waals surface area contributed by atoms with Crippen LogP contribution in [0.4, 0.5) is 5.69 Å². The highest BCUT2D eigenvalue weighted by Crippen LogP contribution is 2.17. The molecule has 1 unspecified atom stereocenters. The van der Waals surface area contributed by atoms with Crippen LogP contribution in [0, 0.1) is 5.92 Å². The number of carbonyl (C=O) groups is 2. The summed E-state index contributed by atoms with van der Waals surface area (Å²) in [6, 6.07) is 3.87. The zero-order valence-corrected chi connectivity index (χ0v) is 14.8. The maximum Gasteiger partial charge on any atom is 0.318 e. The van der Waals surface area contributed by atoms with Gasteiger partial charge in [-0.15, -0.1) is 0 Å². The molecule has 8 nitrogen and oxygen atoms in total. The van der Waals surface area contributed by atoms with E-state index in [2.05, 4.69) is 15.2 Å². The van der Waals surface area contributed by atoms with Gasteiger partial charge in [0.1, 0.15) is 0 Å². The van der Waals surface area contributed by atoms with E-state index >= 15 is 0 Å². The molecule has 0 radical (unpaired) electrons. The molecule has 2 fully saturated rings. The van der Waals surface area contributed by atoms with Gasteiger partial charge in [0, 0.05) is 44.3 Å². The molecule has 0 aromatic carbocycles. The maximum atomic E-state index is 12.7. The zero-order chi connectivity index (χ0) is 18.4. The average Bonchev–Trinajstić information content (AvgIpc) is 2.69. The van der Waals surface area contributed by atoms with Crippen LogP contribution < -0.4 is 10.2 Å². The number of rotatable bonds is 6. The summed E-state index contributed by atoms with van der Waals surface area (Å²) in [6.45, 7) is 4.06. The number of hydrogen-bond donors (Lipinski definition) is 2. The molecule has 26 heavy (non-hydrogen) atoms. The first-order valence-corrected chi connectivity index (χ1v) is 9.14. The monoisotopic (exact) mass is 362 g/mol. The molecule has 2 N–H and O–H groups in total. The minimum atomic E-state index is -1.13. The van der Waals surface area contributed by atoms with Crippen molar-refractivity contribution in [1.82, 2.24) is 15.2 Å². The van der Waals surface area contributed by atoms with E-state index < -0.39 is 11.9 Å². The number of carbonyl (C=O) groups excluding carboxylic acids is 1. The van der Waals surface area contributed by atoms with Crippen LogP contribution in [-0.2, 0) is 14.3 Å². The summed E-state index contributed by atoms with van der Waals surface area (Å²) in [7, 11) is 0. The number of amides is 1. The molecule has 1 aromatic heterocycles. The van der Waals surface area contributed by atoms with Gasteiger partial charge in [-0.2, -0.15) is 0 Å². The fraction of sp³-hybridized carbons (Fsp3) is 0.611. The van der Waals surface area contributed by atoms with E-state index in [9.17, 15) is 14.7 Å². The smallest absolute Gasteiger partial charge is 0.318 e. The largest absolute Gasteiger partial charge is 0.481 e. The summed E-state index contributed by atoms with van der Waals surface area (Å²) in [6.07, 6.45) is 5.22. The number of piperidine rings is 1. The molecular formula is C18H26N4O4. The number of aliphatic carboxylic acids is 1. The summed E-state index contributed by atoms with van der Waals surface area (Å²) in [5.74, 6) is -2.58. The summed E-state index contributed by atoms with van der Waals surface area (Å²) in [4.78, 5) is 32.1. The number of nitrogens with one attached hydrogen (secondary N) is 1. The van der Waals surface area contributed by atoms with E-state index in [4.69, 9.17) is 4.74 Å². The van der Waals surface area contributed by atoms with Gasteiger partial charge in [-0.1, -0.05) is 0 Å². The maximum absolute atomic E-state index is 12.7. The van der Waals surface area contributed by atoms with Crippen LogP contribution in [0.5, 0.6) is 0 Å². The number of carboxylic acids is 1. The third kappa shape index (κ3) is 4.70. The van der Waals surface area contributed by atoms with Crippen molar-refractivity contribution in [2.24, 2.45) is 5.92 Å². The van der Waals surface area contributed by atoms with Crippen LogP contribution in [0.1, 0.15) is 12.8 Å². The molecule has 2 saturated heterocycles. The Balaban J connectivity index is 1.52. The zero-order valence-electron chi connectivity index (χ0n) is 14.8. The predicted octanol–water partition coefficient (Wildman–Crippen LogP) is 0.200. The number of ether oxygens (including phenoxy) is 1. The Bertz CT molecular complexity index is 598. The van der Waals surface area contributed by atoms with Crippen molar-refractivity contribution >= 4 is 17.6 Å². The summed E-state index contributed by atoms with van der Waals surface area (Å²) < 4.78 is 5.72. The second-order valence-corrected chi connectivity index (χ2v) is 6.69. The molecule has 0 bridgehead atoms. The highest BCUT2D eigenvalue weighted by molar-refractivity contribution is 5.97. The number of nitrogens with zero attached hydrogens (tertiary/aromatic N) is 3. The lowest BCUT2D eigenvalue weighted by Gasteiger charge is -2.37. The van der Waals surface area contributed by atoms with Crippen LogP contribution in [0.2, 0.25) is 0 Å². The second-order valence-electron chi connectivity index (χ2n) is 6.69. The Hall–Kier alpha value is -2.19. The van der Waals surface area contributed by atoms with Crippen molar-refractivity contribution in [2.45, 2.75) is 18.9 Å². The topological polar surface area (TPSA) is 95.0 Å². The van der Waals surface area contributed by atoms with Crippen molar-refractivity contribution in [2.75, 3.05) is 50.8 Å². The van der Waals surface area contributed by atoms with Gasteiger partial charge >= 0.3 is 5.97 Å². The molecule has 0 aliphatic carbocycles. The lowest BCUT2D eigenvalue weighted by atomic mass is 10.1. The van der Waals surface area contributed by atoms with Gasteiger partial charge < -0.3 is 25.0 Å². The molecule has 142 valence electrons. The number of anilines is 1. The molecule has 3 heterocycles. The van der Waals surface area contributed by atoms with Crippen LogP contribution in [0.3, 0.4) is 0 Å². The van der Waals surface area contributed by atoms with E-state index in [1.165, 1.54) is 0 Å². The number of hydrogen-bond acceptors (Lipinski definition) is 6. The second kappa shape index (κ2) is 8.95. The summed E-state index contributed by atoms with van der Waals surface area (Å²) >= 11 is 0. The molecule has 0 spiro atoms.